The Balaban J connectivity index is 1.47. The minimum atomic E-state index is -0.508. The number of hydrogen-bond acceptors (Lipinski definition) is 9. The highest BCUT2D eigenvalue weighted by molar-refractivity contribution is 7.98. The van der Waals surface area contributed by atoms with Crippen LogP contribution in [0.5, 0.6) is 5.88 Å². The third kappa shape index (κ3) is 8.81. The van der Waals surface area contributed by atoms with Gasteiger partial charge < -0.3 is 14.2 Å². The molecule has 2 aromatic rings. The number of nitrogens with zero attached hydrogens (tertiary/aromatic N) is 3. The average molecular weight is 542 g/mol. The van der Waals surface area contributed by atoms with E-state index in [1.807, 2.05) is 20.8 Å². The van der Waals surface area contributed by atoms with Gasteiger partial charge in [0, 0.05) is 42.1 Å². The van der Waals surface area contributed by atoms with Gasteiger partial charge >= 0.3 is 11.9 Å². The molecule has 0 amide bonds. The molecule has 1 aliphatic rings. The van der Waals surface area contributed by atoms with Gasteiger partial charge in [-0.3, -0.25) is 14.6 Å². The number of aryl methyl sites for hydroxylation is 1. The fourth-order valence-electron chi connectivity index (χ4n) is 3.43. The number of carbonyl (C=O) groups is 2. The zero-order valence-electron chi connectivity index (χ0n) is 20.1. The highest BCUT2D eigenvalue weighted by atomic mass is 35.5. The van der Waals surface area contributed by atoms with Crippen LogP contribution >= 0.6 is 35.0 Å². The molecule has 0 spiro atoms. The Morgan fingerprint density at radius 3 is 2.40 bits per heavy atom. The number of carbonyl (C=O) groups excluding carboxylic acids is 2. The van der Waals surface area contributed by atoms with Gasteiger partial charge in [-0.25, -0.2) is 4.98 Å². The summed E-state index contributed by atoms with van der Waals surface area (Å²) in [6, 6.07) is 0. The molecule has 2 heterocycles. The maximum Gasteiger partial charge on any atom is 0.308 e. The van der Waals surface area contributed by atoms with Crippen LogP contribution < -0.4 is 4.74 Å². The molecule has 1 aliphatic carbocycles. The number of thioether (sulfide) groups is 1. The molecule has 35 heavy (non-hydrogen) atoms. The summed E-state index contributed by atoms with van der Waals surface area (Å²) in [5.41, 5.74) is 2.15. The van der Waals surface area contributed by atoms with Crippen molar-refractivity contribution >= 4 is 46.9 Å². The van der Waals surface area contributed by atoms with E-state index >= 15 is 0 Å². The molecule has 0 N–H and O–H groups in total. The van der Waals surface area contributed by atoms with E-state index in [0.717, 1.165) is 36.1 Å². The van der Waals surface area contributed by atoms with Gasteiger partial charge in [0.15, 0.2) is 5.16 Å². The number of unbranched alkanes of at least 4 members (excludes halogenated alkanes) is 1. The van der Waals surface area contributed by atoms with Crippen molar-refractivity contribution in [2.75, 3.05) is 6.79 Å². The van der Waals surface area contributed by atoms with Gasteiger partial charge in [-0.15, -0.1) is 0 Å². The molecule has 0 aliphatic heterocycles. The predicted molar refractivity (Wildman–Crippen MR) is 134 cm³/mol. The normalized spacial score (nSPS) is 12.8. The first-order valence-electron chi connectivity index (χ1n) is 11.4. The van der Waals surface area contributed by atoms with Gasteiger partial charge in [0.2, 0.25) is 12.7 Å². The molecule has 0 bridgehead atoms. The quantitative estimate of drug-likeness (QED) is 0.116. The number of ether oxygens (including phenoxy) is 3. The van der Waals surface area contributed by atoms with Gasteiger partial charge in [-0.05, 0) is 52.9 Å². The van der Waals surface area contributed by atoms with E-state index in [9.17, 15) is 9.59 Å². The minimum Gasteiger partial charge on any atom is -0.460 e. The number of rotatable bonds is 11. The van der Waals surface area contributed by atoms with Crippen LogP contribution in [-0.4, -0.2) is 39.3 Å². The van der Waals surface area contributed by atoms with E-state index < -0.39 is 11.6 Å². The maximum atomic E-state index is 12.0. The summed E-state index contributed by atoms with van der Waals surface area (Å²) in [4.78, 5) is 36.9. The van der Waals surface area contributed by atoms with Crippen LogP contribution in [0.15, 0.2) is 17.6 Å². The molecule has 0 saturated heterocycles. The largest absolute Gasteiger partial charge is 0.460 e. The summed E-state index contributed by atoms with van der Waals surface area (Å²) in [7, 11) is 0. The molecule has 0 unspecified atom stereocenters. The van der Waals surface area contributed by atoms with Crippen molar-refractivity contribution in [3.63, 3.8) is 0 Å². The third-order valence-electron chi connectivity index (χ3n) is 5.02. The monoisotopic (exact) mass is 541 g/mol. The van der Waals surface area contributed by atoms with Crippen molar-refractivity contribution in [1.29, 1.82) is 0 Å². The maximum absolute atomic E-state index is 12.0. The first-order valence-corrected chi connectivity index (χ1v) is 13.2. The van der Waals surface area contributed by atoms with E-state index in [-0.39, 0.29) is 25.6 Å². The lowest BCUT2D eigenvalue weighted by molar-refractivity contribution is -0.155. The zero-order chi connectivity index (χ0) is 25.4. The van der Waals surface area contributed by atoms with E-state index in [1.165, 1.54) is 11.8 Å². The van der Waals surface area contributed by atoms with Crippen molar-refractivity contribution in [3.8, 4) is 5.88 Å². The van der Waals surface area contributed by atoms with Gasteiger partial charge in [0.1, 0.15) is 5.60 Å². The SMILES string of the molecule is CC(C)(C)OC(=O)CCCCC(=O)OCOc1nc(SCc2c(Cl)cncc2Cl)nc2c1CCC2. The highest BCUT2D eigenvalue weighted by Gasteiger charge is 2.22. The van der Waals surface area contributed by atoms with Gasteiger partial charge in [0.05, 0.1) is 15.7 Å². The summed E-state index contributed by atoms with van der Waals surface area (Å²) >= 11 is 13.8. The predicted octanol–water partition coefficient (Wildman–Crippen LogP) is 5.74. The topological polar surface area (TPSA) is 101 Å². The van der Waals surface area contributed by atoms with Crippen LogP contribution in [0.1, 0.15) is 69.7 Å². The summed E-state index contributed by atoms with van der Waals surface area (Å²) in [5, 5.41) is 1.51. The van der Waals surface area contributed by atoms with E-state index in [2.05, 4.69) is 15.0 Å². The van der Waals surface area contributed by atoms with Crippen molar-refractivity contribution in [2.24, 2.45) is 0 Å². The second-order valence-electron chi connectivity index (χ2n) is 9.03. The number of esters is 2. The molecular formula is C24H29Cl2N3O5S. The first kappa shape index (κ1) is 27.5. The van der Waals surface area contributed by atoms with Crippen LogP contribution in [0.2, 0.25) is 10.0 Å². The van der Waals surface area contributed by atoms with E-state index in [4.69, 9.17) is 37.4 Å². The molecule has 190 valence electrons. The van der Waals surface area contributed by atoms with Crippen LogP contribution in [-0.2, 0) is 37.7 Å². The molecular weight excluding hydrogens is 513 g/mol. The summed E-state index contributed by atoms with van der Waals surface area (Å²) in [5.74, 6) is 0.251. The molecule has 3 rings (SSSR count). The Morgan fingerprint density at radius 1 is 1.03 bits per heavy atom. The fraction of sp³-hybridized carbons (Fsp3) is 0.542. The molecule has 11 heteroatoms. The van der Waals surface area contributed by atoms with E-state index in [0.29, 0.717) is 39.7 Å². The third-order valence-corrected chi connectivity index (χ3v) is 6.55. The van der Waals surface area contributed by atoms with Gasteiger partial charge in [0.25, 0.3) is 0 Å². The minimum absolute atomic E-state index is 0.197. The number of hydrogen-bond donors (Lipinski definition) is 0. The second kappa shape index (κ2) is 12.7. The van der Waals surface area contributed by atoms with Crippen LogP contribution in [0.4, 0.5) is 0 Å². The highest BCUT2D eigenvalue weighted by Crippen LogP contribution is 2.33. The standard InChI is InChI=1S/C24H29Cl2N3O5S/c1-24(2,3)34-21(31)10-5-4-9-20(30)32-14-33-22-15-7-6-8-19(15)28-23(29-22)35-13-16-17(25)11-27-12-18(16)26/h11-12H,4-10,13-14H2,1-3H3. The summed E-state index contributed by atoms with van der Waals surface area (Å²) < 4.78 is 16.2. The molecule has 0 atom stereocenters. The number of aromatic nitrogens is 3. The Bertz CT molecular complexity index is 1040. The lowest BCUT2D eigenvalue weighted by atomic mass is 10.1. The number of fused-ring (bicyclic) bond motifs is 1. The fourth-order valence-corrected chi connectivity index (χ4v) is 4.99. The van der Waals surface area contributed by atoms with Gasteiger partial charge in [-0.2, -0.15) is 4.98 Å². The zero-order valence-corrected chi connectivity index (χ0v) is 22.4. The Hall–Kier alpha value is -2.10. The van der Waals surface area contributed by atoms with Crippen molar-refractivity contribution in [1.82, 2.24) is 15.0 Å². The lowest BCUT2D eigenvalue weighted by Gasteiger charge is -2.19. The van der Waals surface area contributed by atoms with Crippen LogP contribution in [0, 0.1) is 0 Å². The van der Waals surface area contributed by atoms with Crippen molar-refractivity contribution in [3.05, 3.63) is 39.3 Å². The van der Waals surface area contributed by atoms with Gasteiger partial charge in [-0.1, -0.05) is 35.0 Å². The van der Waals surface area contributed by atoms with E-state index in [1.54, 1.807) is 12.4 Å². The molecule has 0 aromatic carbocycles. The Labute approximate surface area is 219 Å². The molecule has 0 fully saturated rings. The number of pyridine rings is 1. The Kier molecular flexibility index (Phi) is 10.0. The molecule has 8 nitrogen and oxygen atoms in total. The molecule has 0 saturated carbocycles. The first-order chi connectivity index (χ1) is 16.6. The van der Waals surface area contributed by atoms with Crippen LogP contribution in [0.25, 0.3) is 0 Å². The van der Waals surface area contributed by atoms with Crippen molar-refractivity contribution < 1.29 is 23.8 Å². The van der Waals surface area contributed by atoms with Crippen molar-refractivity contribution in [2.45, 2.75) is 82.2 Å². The second-order valence-corrected chi connectivity index (χ2v) is 10.8. The molecule has 0 radical (unpaired) electrons. The summed E-state index contributed by atoms with van der Waals surface area (Å²) in [6.45, 7) is 5.23. The number of halogens is 2. The molecule has 2 aromatic heterocycles. The lowest BCUT2D eigenvalue weighted by Crippen LogP contribution is -2.23. The Morgan fingerprint density at radius 2 is 1.71 bits per heavy atom. The summed E-state index contributed by atoms with van der Waals surface area (Å²) in [6.07, 6.45) is 7.27. The average Bonchev–Trinajstić information content (AvgIpc) is 3.24. The smallest absolute Gasteiger partial charge is 0.308 e. The van der Waals surface area contributed by atoms with Crippen LogP contribution in [0.3, 0.4) is 0 Å².